The number of urea groups is 1. The number of aliphatic hydroxyl groups is 1. The van der Waals surface area contributed by atoms with E-state index in [9.17, 15) is 19.5 Å². The molecule has 1 saturated heterocycles. The lowest BCUT2D eigenvalue weighted by Crippen LogP contribution is -2.62. The third-order valence-electron chi connectivity index (χ3n) is 3.69. The summed E-state index contributed by atoms with van der Waals surface area (Å²) in [6.45, 7) is 1.50. The summed E-state index contributed by atoms with van der Waals surface area (Å²) in [6, 6.07) is -0.709. The van der Waals surface area contributed by atoms with Gasteiger partial charge in [-0.05, 0) is 31.8 Å². The number of hydrogen-bond donors (Lipinski definition) is 2. The summed E-state index contributed by atoms with van der Waals surface area (Å²) in [5.74, 6) is -1.16. The fraction of sp³-hybridized carbons (Fsp3) is 0.583. The van der Waals surface area contributed by atoms with Gasteiger partial charge in [-0.15, -0.1) is 0 Å². The standard InChI is InChI=1S/C12H16N2O4/c1-12(7-4-3-5-8(15)6-7)9(16)13-11(18)14(2)10(12)17/h6,8,15H,3-5H2,1-2H3,(H,13,16,18)/t8-,12-/m1/s1. The average Bonchev–Trinajstić information content (AvgIpc) is 2.34. The first-order valence-corrected chi connectivity index (χ1v) is 5.90. The molecule has 98 valence electrons. The first-order chi connectivity index (χ1) is 8.37. The molecule has 1 heterocycles. The van der Waals surface area contributed by atoms with Gasteiger partial charge in [-0.25, -0.2) is 4.79 Å². The van der Waals surface area contributed by atoms with E-state index in [1.807, 2.05) is 0 Å². The van der Waals surface area contributed by atoms with Crippen molar-refractivity contribution in [1.29, 1.82) is 0 Å². The van der Waals surface area contributed by atoms with Crippen molar-refractivity contribution in [3.8, 4) is 0 Å². The largest absolute Gasteiger partial charge is 0.389 e. The monoisotopic (exact) mass is 252 g/mol. The number of carbonyl (C=O) groups is 3. The fourth-order valence-corrected chi connectivity index (χ4v) is 2.43. The van der Waals surface area contributed by atoms with Gasteiger partial charge in [0.15, 0.2) is 0 Å². The van der Waals surface area contributed by atoms with Crippen LogP contribution in [0.4, 0.5) is 4.79 Å². The predicted octanol–water partition coefficient (Wildman–Crippen LogP) is 0.172. The van der Waals surface area contributed by atoms with Gasteiger partial charge in [-0.3, -0.25) is 19.8 Å². The minimum absolute atomic E-state index is 0.545. The normalized spacial score (nSPS) is 33.3. The minimum Gasteiger partial charge on any atom is -0.389 e. The number of amides is 4. The Kier molecular flexibility index (Phi) is 2.98. The molecular weight excluding hydrogens is 236 g/mol. The zero-order valence-corrected chi connectivity index (χ0v) is 10.4. The Labute approximate surface area is 105 Å². The maximum absolute atomic E-state index is 12.2. The average molecular weight is 252 g/mol. The van der Waals surface area contributed by atoms with E-state index in [4.69, 9.17) is 0 Å². The van der Waals surface area contributed by atoms with E-state index >= 15 is 0 Å². The number of imide groups is 2. The third-order valence-corrected chi connectivity index (χ3v) is 3.69. The molecule has 0 bridgehead atoms. The molecule has 0 unspecified atom stereocenters. The highest BCUT2D eigenvalue weighted by Crippen LogP contribution is 2.37. The zero-order valence-electron chi connectivity index (χ0n) is 10.4. The maximum atomic E-state index is 12.2. The van der Waals surface area contributed by atoms with Crippen LogP contribution in [0.1, 0.15) is 26.2 Å². The van der Waals surface area contributed by atoms with Crippen molar-refractivity contribution in [2.24, 2.45) is 5.41 Å². The Balaban J connectivity index is 2.42. The molecular formula is C12H16N2O4. The summed E-state index contributed by atoms with van der Waals surface area (Å²) in [5.41, 5.74) is -0.799. The highest BCUT2D eigenvalue weighted by molar-refractivity contribution is 6.20. The zero-order chi connectivity index (χ0) is 13.5. The van der Waals surface area contributed by atoms with E-state index in [1.165, 1.54) is 14.0 Å². The van der Waals surface area contributed by atoms with Crippen molar-refractivity contribution in [3.63, 3.8) is 0 Å². The van der Waals surface area contributed by atoms with Crippen LogP contribution in [-0.4, -0.2) is 41.0 Å². The maximum Gasteiger partial charge on any atom is 0.330 e. The van der Waals surface area contributed by atoms with Gasteiger partial charge < -0.3 is 5.11 Å². The lowest BCUT2D eigenvalue weighted by atomic mass is 9.74. The van der Waals surface area contributed by atoms with Crippen LogP contribution in [0.5, 0.6) is 0 Å². The van der Waals surface area contributed by atoms with E-state index < -0.39 is 29.4 Å². The SMILES string of the molecule is CN1C(=O)NC(=O)[C@@](C)(C2=C[C@H](O)CCC2)C1=O. The minimum atomic E-state index is -1.38. The number of carbonyl (C=O) groups excluding carboxylic acids is 3. The van der Waals surface area contributed by atoms with Crippen LogP contribution in [0.3, 0.4) is 0 Å². The molecule has 6 heteroatoms. The Morgan fingerprint density at radius 2 is 2.11 bits per heavy atom. The number of hydrogen-bond acceptors (Lipinski definition) is 4. The summed E-state index contributed by atoms with van der Waals surface area (Å²) in [5, 5.41) is 11.8. The van der Waals surface area contributed by atoms with Gasteiger partial charge in [-0.1, -0.05) is 6.08 Å². The summed E-state index contributed by atoms with van der Waals surface area (Å²) in [4.78, 5) is 36.4. The van der Waals surface area contributed by atoms with E-state index in [1.54, 1.807) is 6.08 Å². The molecule has 18 heavy (non-hydrogen) atoms. The van der Waals surface area contributed by atoms with Gasteiger partial charge in [-0.2, -0.15) is 0 Å². The molecule has 0 aromatic rings. The number of barbiturate groups is 1. The summed E-state index contributed by atoms with van der Waals surface area (Å²) < 4.78 is 0. The first kappa shape index (κ1) is 12.8. The quantitative estimate of drug-likeness (QED) is 0.514. The van der Waals surface area contributed by atoms with Crippen LogP contribution < -0.4 is 5.32 Å². The van der Waals surface area contributed by atoms with Gasteiger partial charge in [0, 0.05) is 7.05 Å². The Morgan fingerprint density at radius 3 is 2.72 bits per heavy atom. The summed E-state index contributed by atoms with van der Waals surface area (Å²) in [6.07, 6.45) is 2.86. The van der Waals surface area contributed by atoms with E-state index in [2.05, 4.69) is 5.32 Å². The number of nitrogens with zero attached hydrogens (tertiary/aromatic N) is 1. The lowest BCUT2D eigenvalue weighted by molar-refractivity contribution is -0.146. The molecule has 2 atom stereocenters. The summed E-state index contributed by atoms with van der Waals surface area (Å²) in [7, 11) is 1.34. The molecule has 6 nitrogen and oxygen atoms in total. The molecule has 2 N–H and O–H groups in total. The van der Waals surface area contributed by atoms with Crippen LogP contribution in [0.15, 0.2) is 11.6 Å². The molecule has 2 aliphatic rings. The van der Waals surface area contributed by atoms with E-state index in [-0.39, 0.29) is 0 Å². The van der Waals surface area contributed by atoms with Crippen LogP contribution >= 0.6 is 0 Å². The lowest BCUT2D eigenvalue weighted by Gasteiger charge is -2.38. The highest BCUT2D eigenvalue weighted by atomic mass is 16.3. The van der Waals surface area contributed by atoms with Crippen LogP contribution in [-0.2, 0) is 9.59 Å². The predicted molar refractivity (Wildman–Crippen MR) is 62.4 cm³/mol. The van der Waals surface area contributed by atoms with E-state index in [0.29, 0.717) is 18.4 Å². The number of aliphatic hydroxyl groups excluding tert-OH is 1. The second-order valence-electron chi connectivity index (χ2n) is 4.90. The smallest absolute Gasteiger partial charge is 0.330 e. The Morgan fingerprint density at radius 1 is 1.44 bits per heavy atom. The van der Waals surface area contributed by atoms with Crippen molar-refractivity contribution in [1.82, 2.24) is 10.2 Å². The van der Waals surface area contributed by atoms with Gasteiger partial charge in [0.25, 0.3) is 0 Å². The van der Waals surface area contributed by atoms with Crippen molar-refractivity contribution in [2.45, 2.75) is 32.3 Å². The molecule has 1 fully saturated rings. The Hall–Kier alpha value is -1.69. The van der Waals surface area contributed by atoms with Crippen molar-refractivity contribution in [3.05, 3.63) is 11.6 Å². The van der Waals surface area contributed by atoms with Gasteiger partial charge in [0.1, 0.15) is 5.41 Å². The second-order valence-corrected chi connectivity index (χ2v) is 4.90. The molecule has 4 amide bonds. The van der Waals surface area contributed by atoms with Crippen LogP contribution in [0, 0.1) is 5.41 Å². The molecule has 0 aromatic carbocycles. The molecule has 0 saturated carbocycles. The molecule has 0 radical (unpaired) electrons. The van der Waals surface area contributed by atoms with Gasteiger partial charge >= 0.3 is 6.03 Å². The molecule has 0 aromatic heterocycles. The third kappa shape index (κ3) is 1.73. The highest BCUT2D eigenvalue weighted by Gasteiger charge is 2.51. The molecule has 1 aliphatic carbocycles. The summed E-state index contributed by atoms with van der Waals surface area (Å²) >= 11 is 0. The van der Waals surface area contributed by atoms with E-state index in [0.717, 1.165) is 11.3 Å². The topological polar surface area (TPSA) is 86.7 Å². The van der Waals surface area contributed by atoms with Crippen LogP contribution in [0.2, 0.25) is 0 Å². The van der Waals surface area contributed by atoms with Crippen LogP contribution in [0.25, 0.3) is 0 Å². The fourth-order valence-electron chi connectivity index (χ4n) is 2.43. The first-order valence-electron chi connectivity index (χ1n) is 5.90. The van der Waals surface area contributed by atoms with Gasteiger partial charge in [0.2, 0.25) is 11.8 Å². The molecule has 1 aliphatic heterocycles. The van der Waals surface area contributed by atoms with Crippen molar-refractivity contribution < 1.29 is 19.5 Å². The number of rotatable bonds is 1. The number of nitrogens with one attached hydrogen (secondary N) is 1. The van der Waals surface area contributed by atoms with Crippen molar-refractivity contribution >= 4 is 17.8 Å². The van der Waals surface area contributed by atoms with Crippen molar-refractivity contribution in [2.75, 3.05) is 7.05 Å². The molecule has 2 rings (SSSR count). The Bertz CT molecular complexity index is 457. The second kappa shape index (κ2) is 4.20. The van der Waals surface area contributed by atoms with Gasteiger partial charge in [0.05, 0.1) is 6.10 Å². The molecule has 0 spiro atoms.